The van der Waals surface area contributed by atoms with Gasteiger partial charge in [-0.05, 0) is 50.8 Å². The van der Waals surface area contributed by atoms with E-state index >= 15 is 0 Å². The van der Waals surface area contributed by atoms with E-state index in [1.54, 1.807) is 18.4 Å². The van der Waals surface area contributed by atoms with E-state index in [2.05, 4.69) is 10.2 Å². The molecule has 0 spiro atoms. The Kier molecular flexibility index (Phi) is 4.93. The maximum atomic E-state index is 13.2. The highest BCUT2D eigenvalue weighted by molar-refractivity contribution is 5.19. The van der Waals surface area contributed by atoms with Crippen molar-refractivity contribution in [2.75, 3.05) is 20.6 Å². The van der Waals surface area contributed by atoms with Gasteiger partial charge in [0.05, 0.1) is 12.3 Å². The number of likely N-dealkylation sites (N-methyl/N-ethyl adjacent to an activating group) is 1. The van der Waals surface area contributed by atoms with Crippen LogP contribution in [0.15, 0.2) is 47.1 Å². The van der Waals surface area contributed by atoms with Crippen LogP contribution < -0.4 is 5.32 Å². The SMILES string of the molecule is CC(NCC(c1ccco1)N(C)C)c1cccc(F)c1. The molecule has 0 aliphatic heterocycles. The molecule has 2 unspecified atom stereocenters. The lowest BCUT2D eigenvalue weighted by Crippen LogP contribution is -2.32. The Morgan fingerprint density at radius 1 is 1.25 bits per heavy atom. The third-order valence-corrected chi connectivity index (χ3v) is 3.46. The van der Waals surface area contributed by atoms with Crippen LogP contribution >= 0.6 is 0 Å². The molecule has 108 valence electrons. The number of nitrogens with one attached hydrogen (secondary N) is 1. The summed E-state index contributed by atoms with van der Waals surface area (Å²) in [6.45, 7) is 2.77. The van der Waals surface area contributed by atoms with E-state index in [0.29, 0.717) is 0 Å². The van der Waals surface area contributed by atoms with E-state index in [4.69, 9.17) is 4.42 Å². The van der Waals surface area contributed by atoms with Crippen molar-refractivity contribution in [1.29, 1.82) is 0 Å². The molecule has 0 aliphatic rings. The normalized spacial score (nSPS) is 14.4. The van der Waals surface area contributed by atoms with Crippen LogP contribution in [-0.2, 0) is 0 Å². The Labute approximate surface area is 119 Å². The van der Waals surface area contributed by atoms with Crippen molar-refractivity contribution in [2.45, 2.75) is 19.0 Å². The van der Waals surface area contributed by atoms with Crippen LogP contribution in [0.3, 0.4) is 0 Å². The lowest BCUT2D eigenvalue weighted by molar-refractivity contribution is 0.245. The molecule has 0 saturated carbocycles. The van der Waals surface area contributed by atoms with Crippen molar-refractivity contribution >= 4 is 0 Å². The summed E-state index contributed by atoms with van der Waals surface area (Å²) in [5.74, 6) is 0.722. The van der Waals surface area contributed by atoms with Gasteiger partial charge in [-0.2, -0.15) is 0 Å². The fraction of sp³-hybridized carbons (Fsp3) is 0.375. The molecule has 2 atom stereocenters. The summed E-state index contributed by atoms with van der Waals surface area (Å²) >= 11 is 0. The van der Waals surface area contributed by atoms with Crippen LogP contribution in [0.4, 0.5) is 4.39 Å². The molecule has 1 N–H and O–H groups in total. The average molecular weight is 276 g/mol. The summed E-state index contributed by atoms with van der Waals surface area (Å²) in [5, 5.41) is 3.43. The van der Waals surface area contributed by atoms with Crippen LogP contribution in [-0.4, -0.2) is 25.5 Å². The third kappa shape index (κ3) is 3.68. The largest absolute Gasteiger partial charge is 0.468 e. The Bertz CT molecular complexity index is 525. The molecule has 3 nitrogen and oxygen atoms in total. The maximum Gasteiger partial charge on any atom is 0.123 e. The number of nitrogens with zero attached hydrogens (tertiary/aromatic N) is 1. The quantitative estimate of drug-likeness (QED) is 0.877. The Balaban J connectivity index is 1.99. The lowest BCUT2D eigenvalue weighted by Gasteiger charge is -2.25. The van der Waals surface area contributed by atoms with Crippen molar-refractivity contribution in [3.63, 3.8) is 0 Å². The van der Waals surface area contributed by atoms with Gasteiger partial charge in [-0.3, -0.25) is 4.90 Å². The molecule has 1 aromatic carbocycles. The summed E-state index contributed by atoms with van der Waals surface area (Å²) in [7, 11) is 4.03. The smallest absolute Gasteiger partial charge is 0.123 e. The monoisotopic (exact) mass is 276 g/mol. The minimum atomic E-state index is -0.202. The van der Waals surface area contributed by atoms with Crippen molar-refractivity contribution < 1.29 is 8.81 Å². The predicted molar refractivity (Wildman–Crippen MR) is 78.0 cm³/mol. The molecule has 2 rings (SSSR count). The second kappa shape index (κ2) is 6.68. The van der Waals surface area contributed by atoms with Crippen molar-refractivity contribution in [2.24, 2.45) is 0 Å². The Morgan fingerprint density at radius 3 is 2.65 bits per heavy atom. The van der Waals surface area contributed by atoms with Crippen LogP contribution in [0.5, 0.6) is 0 Å². The number of halogens is 1. The summed E-state index contributed by atoms with van der Waals surface area (Å²) in [6, 6.07) is 10.8. The molecule has 0 saturated heterocycles. The minimum Gasteiger partial charge on any atom is -0.468 e. The zero-order valence-corrected chi connectivity index (χ0v) is 12.1. The molecule has 0 fully saturated rings. The average Bonchev–Trinajstić information content (AvgIpc) is 2.92. The summed E-state index contributed by atoms with van der Waals surface area (Å²) in [5.41, 5.74) is 0.946. The number of furan rings is 1. The molecule has 0 amide bonds. The van der Waals surface area contributed by atoms with E-state index in [0.717, 1.165) is 17.9 Å². The summed E-state index contributed by atoms with van der Waals surface area (Å²) in [6.07, 6.45) is 1.68. The van der Waals surface area contributed by atoms with Crippen molar-refractivity contribution in [3.05, 3.63) is 59.8 Å². The number of benzene rings is 1. The third-order valence-electron chi connectivity index (χ3n) is 3.46. The molecule has 1 aromatic heterocycles. The summed E-state index contributed by atoms with van der Waals surface area (Å²) in [4.78, 5) is 2.10. The van der Waals surface area contributed by atoms with Gasteiger partial charge in [0.25, 0.3) is 0 Å². The molecule has 2 aromatic rings. The summed E-state index contributed by atoms with van der Waals surface area (Å²) < 4.78 is 18.7. The number of hydrogen-bond donors (Lipinski definition) is 1. The van der Waals surface area contributed by atoms with Crippen LogP contribution in [0, 0.1) is 5.82 Å². The van der Waals surface area contributed by atoms with Gasteiger partial charge in [-0.25, -0.2) is 4.39 Å². The highest BCUT2D eigenvalue weighted by Gasteiger charge is 2.18. The first-order valence-corrected chi connectivity index (χ1v) is 6.76. The van der Waals surface area contributed by atoms with Gasteiger partial charge in [-0.15, -0.1) is 0 Å². The topological polar surface area (TPSA) is 28.4 Å². The van der Waals surface area contributed by atoms with E-state index in [1.807, 2.05) is 39.2 Å². The second-order valence-corrected chi connectivity index (χ2v) is 5.18. The highest BCUT2D eigenvalue weighted by atomic mass is 19.1. The Morgan fingerprint density at radius 2 is 2.05 bits per heavy atom. The van der Waals surface area contributed by atoms with Gasteiger partial charge < -0.3 is 9.73 Å². The van der Waals surface area contributed by atoms with Crippen LogP contribution in [0.25, 0.3) is 0 Å². The molecule has 0 aliphatic carbocycles. The zero-order valence-electron chi connectivity index (χ0n) is 12.1. The van der Waals surface area contributed by atoms with Crippen LogP contribution in [0.1, 0.15) is 30.3 Å². The van der Waals surface area contributed by atoms with E-state index in [9.17, 15) is 4.39 Å². The van der Waals surface area contributed by atoms with Gasteiger partial charge in [0, 0.05) is 12.6 Å². The van der Waals surface area contributed by atoms with Crippen molar-refractivity contribution in [1.82, 2.24) is 10.2 Å². The fourth-order valence-electron chi connectivity index (χ4n) is 2.20. The molecule has 4 heteroatoms. The standard InChI is InChI=1S/C16H21FN2O/c1-12(13-6-4-7-14(17)10-13)18-11-15(19(2)3)16-8-5-9-20-16/h4-10,12,15,18H,11H2,1-3H3. The first-order valence-electron chi connectivity index (χ1n) is 6.76. The number of rotatable bonds is 6. The van der Waals surface area contributed by atoms with Crippen molar-refractivity contribution in [3.8, 4) is 0 Å². The first kappa shape index (κ1) is 14.8. The van der Waals surface area contributed by atoms with Gasteiger partial charge in [0.15, 0.2) is 0 Å². The minimum absolute atomic E-state index is 0.0862. The predicted octanol–water partition coefficient (Wildman–Crippen LogP) is 3.37. The van der Waals surface area contributed by atoms with Gasteiger partial charge >= 0.3 is 0 Å². The maximum absolute atomic E-state index is 13.2. The molecule has 0 radical (unpaired) electrons. The first-order chi connectivity index (χ1) is 9.58. The Hall–Kier alpha value is -1.65. The second-order valence-electron chi connectivity index (χ2n) is 5.18. The molecule has 0 bridgehead atoms. The van der Waals surface area contributed by atoms with E-state index in [1.165, 1.54) is 6.07 Å². The van der Waals surface area contributed by atoms with E-state index in [-0.39, 0.29) is 17.9 Å². The van der Waals surface area contributed by atoms with Crippen LogP contribution in [0.2, 0.25) is 0 Å². The number of hydrogen-bond acceptors (Lipinski definition) is 3. The molecular weight excluding hydrogens is 255 g/mol. The fourth-order valence-corrected chi connectivity index (χ4v) is 2.20. The van der Waals surface area contributed by atoms with E-state index < -0.39 is 0 Å². The molecule has 1 heterocycles. The highest BCUT2D eigenvalue weighted by Crippen LogP contribution is 2.20. The lowest BCUT2D eigenvalue weighted by atomic mass is 10.1. The van der Waals surface area contributed by atoms with Gasteiger partial charge in [0.2, 0.25) is 0 Å². The van der Waals surface area contributed by atoms with Gasteiger partial charge in [0.1, 0.15) is 11.6 Å². The van der Waals surface area contributed by atoms with Gasteiger partial charge in [-0.1, -0.05) is 12.1 Å². The molecular formula is C16H21FN2O. The molecule has 20 heavy (non-hydrogen) atoms. The zero-order chi connectivity index (χ0) is 14.5.